The number of hydrogen-bond acceptors (Lipinski definition) is 7. The van der Waals surface area contributed by atoms with Gasteiger partial charge in [0.1, 0.15) is 5.71 Å². The summed E-state index contributed by atoms with van der Waals surface area (Å²) in [6.07, 6.45) is -5.32. The second-order valence-corrected chi connectivity index (χ2v) is 7.82. The molecule has 0 radical (unpaired) electrons. The fourth-order valence-electron chi connectivity index (χ4n) is 2.67. The van der Waals surface area contributed by atoms with E-state index in [1.807, 2.05) is 0 Å². The number of halogens is 5. The van der Waals surface area contributed by atoms with Crippen LogP contribution in [-0.4, -0.2) is 40.3 Å². The van der Waals surface area contributed by atoms with E-state index in [9.17, 15) is 18.0 Å². The molecule has 1 atom stereocenters. The van der Waals surface area contributed by atoms with Crippen LogP contribution < -0.4 is 10.7 Å². The normalized spacial score (nSPS) is 19.0. The molecule has 0 spiro atoms. The number of amides is 1. The Labute approximate surface area is 177 Å². The molecule has 3 rings (SSSR count). The lowest BCUT2D eigenvalue weighted by Crippen LogP contribution is -2.49. The van der Waals surface area contributed by atoms with Crippen molar-refractivity contribution in [3.05, 3.63) is 39.7 Å². The van der Waals surface area contributed by atoms with Gasteiger partial charge in [0.2, 0.25) is 5.91 Å². The van der Waals surface area contributed by atoms with Gasteiger partial charge in [0.25, 0.3) is 11.1 Å². The predicted molar refractivity (Wildman–Crippen MR) is 102 cm³/mol. The minimum atomic E-state index is -4.72. The maximum absolute atomic E-state index is 14.0. The molecule has 1 aliphatic rings. The second-order valence-electron chi connectivity index (χ2n) is 6.02. The smallest absolute Gasteiger partial charge is 0.410 e. The average Bonchev–Trinajstić information content (AvgIpc) is 3.26. The van der Waals surface area contributed by atoms with E-state index in [4.69, 9.17) is 27.6 Å². The van der Waals surface area contributed by atoms with Gasteiger partial charge in [-0.05, 0) is 30.7 Å². The van der Waals surface area contributed by atoms with Crippen molar-refractivity contribution in [2.45, 2.75) is 30.3 Å². The third-order valence-electron chi connectivity index (χ3n) is 4.01. The van der Waals surface area contributed by atoms with Crippen LogP contribution in [0.15, 0.2) is 32.9 Å². The van der Waals surface area contributed by atoms with Crippen molar-refractivity contribution in [2.24, 2.45) is 5.10 Å². The Morgan fingerprint density at radius 2 is 2.00 bits per heavy atom. The summed E-state index contributed by atoms with van der Waals surface area (Å²) in [5.41, 5.74) is -0.651. The summed E-state index contributed by atoms with van der Waals surface area (Å²) in [5, 5.41) is 14.0. The van der Waals surface area contributed by atoms with E-state index in [-0.39, 0.29) is 44.1 Å². The number of hydrazone groups is 1. The van der Waals surface area contributed by atoms with Crippen LogP contribution in [0.2, 0.25) is 10.0 Å². The van der Waals surface area contributed by atoms with Crippen LogP contribution in [0.4, 0.5) is 13.2 Å². The highest BCUT2D eigenvalue weighted by Gasteiger charge is 2.59. The summed E-state index contributed by atoms with van der Waals surface area (Å²) >= 11 is 12.7. The first-order valence-corrected chi connectivity index (χ1v) is 9.99. The molecular weight excluding hydrogens is 454 g/mol. The van der Waals surface area contributed by atoms with Crippen LogP contribution in [0.1, 0.15) is 24.8 Å². The SMILES string of the molecule is CCNC(=O)CSc1nnc(C2=NNC(c3cc(Cl)cc(Cl)c3)(C(F)(F)F)C2)o1. The molecule has 2 aromatic rings. The van der Waals surface area contributed by atoms with Gasteiger partial charge >= 0.3 is 6.18 Å². The van der Waals surface area contributed by atoms with Crippen LogP contribution in [0, 0.1) is 0 Å². The van der Waals surface area contributed by atoms with Crippen molar-refractivity contribution in [1.29, 1.82) is 0 Å². The third-order valence-corrected chi connectivity index (χ3v) is 5.26. The average molecular weight is 468 g/mol. The molecule has 1 aliphatic heterocycles. The van der Waals surface area contributed by atoms with Gasteiger partial charge in [0.05, 0.1) is 5.75 Å². The number of thioether (sulfide) groups is 1. The lowest BCUT2D eigenvalue weighted by molar-refractivity contribution is -0.196. The Morgan fingerprint density at radius 1 is 1.31 bits per heavy atom. The quantitative estimate of drug-likeness (QED) is 0.628. The van der Waals surface area contributed by atoms with Gasteiger partial charge in [0.15, 0.2) is 5.54 Å². The fourth-order valence-corrected chi connectivity index (χ4v) is 3.79. The number of rotatable bonds is 6. The molecule has 0 fully saturated rings. The van der Waals surface area contributed by atoms with E-state index < -0.39 is 18.1 Å². The molecule has 0 aliphatic carbocycles. The van der Waals surface area contributed by atoms with Crippen molar-refractivity contribution in [2.75, 3.05) is 12.3 Å². The summed E-state index contributed by atoms with van der Waals surface area (Å²) in [5.74, 6) is -0.366. The minimum absolute atomic E-state index is 0.0354. The summed E-state index contributed by atoms with van der Waals surface area (Å²) in [6.45, 7) is 2.25. The van der Waals surface area contributed by atoms with Crippen LogP contribution in [-0.2, 0) is 10.3 Å². The Bertz CT molecular complexity index is 933. The summed E-state index contributed by atoms with van der Waals surface area (Å²) in [7, 11) is 0. The summed E-state index contributed by atoms with van der Waals surface area (Å²) in [4.78, 5) is 11.5. The molecule has 0 saturated heterocycles. The topological polar surface area (TPSA) is 92.4 Å². The van der Waals surface area contributed by atoms with E-state index in [2.05, 4.69) is 26.0 Å². The molecule has 13 heteroatoms. The Balaban J connectivity index is 1.81. The number of nitrogens with zero attached hydrogens (tertiary/aromatic N) is 3. The van der Waals surface area contributed by atoms with Crippen LogP contribution in [0.3, 0.4) is 0 Å². The number of alkyl halides is 3. The first kappa shape index (κ1) is 21.7. The highest BCUT2D eigenvalue weighted by atomic mass is 35.5. The van der Waals surface area contributed by atoms with Crippen molar-refractivity contribution >= 4 is 46.6 Å². The van der Waals surface area contributed by atoms with Gasteiger partial charge in [-0.3, -0.25) is 10.2 Å². The number of nitrogens with one attached hydrogen (secondary N) is 2. The first-order valence-electron chi connectivity index (χ1n) is 8.25. The van der Waals surface area contributed by atoms with Crippen molar-refractivity contribution in [3.8, 4) is 0 Å². The van der Waals surface area contributed by atoms with E-state index in [1.165, 1.54) is 18.2 Å². The van der Waals surface area contributed by atoms with E-state index in [0.717, 1.165) is 11.8 Å². The molecule has 1 aromatic heterocycles. The molecule has 0 saturated carbocycles. The Hall–Kier alpha value is -1.98. The van der Waals surface area contributed by atoms with Crippen molar-refractivity contribution in [3.63, 3.8) is 0 Å². The molecule has 29 heavy (non-hydrogen) atoms. The number of carbonyl (C=O) groups is 1. The highest BCUT2D eigenvalue weighted by molar-refractivity contribution is 7.99. The van der Waals surface area contributed by atoms with E-state index in [0.29, 0.717) is 6.54 Å². The van der Waals surface area contributed by atoms with Gasteiger partial charge in [-0.15, -0.1) is 10.2 Å². The van der Waals surface area contributed by atoms with Gasteiger partial charge in [-0.2, -0.15) is 18.3 Å². The summed E-state index contributed by atoms with van der Waals surface area (Å²) < 4.78 is 47.4. The van der Waals surface area contributed by atoms with E-state index in [1.54, 1.807) is 6.92 Å². The lowest BCUT2D eigenvalue weighted by atomic mass is 9.85. The van der Waals surface area contributed by atoms with Crippen LogP contribution in [0.25, 0.3) is 0 Å². The molecule has 1 unspecified atom stereocenters. The molecule has 1 amide bonds. The first-order chi connectivity index (χ1) is 13.6. The van der Waals surface area contributed by atoms with Gasteiger partial charge < -0.3 is 9.73 Å². The van der Waals surface area contributed by atoms with Crippen molar-refractivity contribution < 1.29 is 22.4 Å². The monoisotopic (exact) mass is 467 g/mol. The van der Waals surface area contributed by atoms with Crippen LogP contribution in [0.5, 0.6) is 0 Å². The zero-order chi connectivity index (χ0) is 21.2. The minimum Gasteiger partial charge on any atom is -0.410 e. The summed E-state index contributed by atoms with van der Waals surface area (Å²) in [6, 6.07) is 3.69. The Morgan fingerprint density at radius 3 is 2.62 bits per heavy atom. The molecule has 2 heterocycles. The molecule has 0 bridgehead atoms. The number of hydrogen-bond donors (Lipinski definition) is 2. The van der Waals surface area contributed by atoms with Crippen LogP contribution >= 0.6 is 35.0 Å². The predicted octanol–water partition coefficient (Wildman–Crippen LogP) is 3.76. The molecule has 1 aromatic carbocycles. The number of benzene rings is 1. The lowest BCUT2D eigenvalue weighted by Gasteiger charge is -2.31. The molecule has 2 N–H and O–H groups in total. The van der Waals surface area contributed by atoms with E-state index >= 15 is 0 Å². The third kappa shape index (κ3) is 4.62. The van der Waals surface area contributed by atoms with Crippen molar-refractivity contribution in [1.82, 2.24) is 20.9 Å². The zero-order valence-electron chi connectivity index (χ0n) is 14.8. The van der Waals surface area contributed by atoms with Gasteiger partial charge in [-0.1, -0.05) is 35.0 Å². The highest BCUT2D eigenvalue weighted by Crippen LogP contribution is 2.46. The Kier molecular flexibility index (Phi) is 6.30. The fraction of sp³-hybridized carbons (Fsp3) is 0.375. The standard InChI is InChI=1S/C16H14Cl2F3N5O2S/c1-2-22-12(27)7-29-14-25-24-13(28-14)11-6-15(26-23-11,16(19,20)21)8-3-9(17)5-10(18)4-8/h3-5,26H,2,6-7H2,1H3,(H,22,27). The number of carbonyl (C=O) groups excluding carboxylic acids is 1. The maximum Gasteiger partial charge on any atom is 0.417 e. The molecular formula is C16H14Cl2F3N5O2S. The zero-order valence-corrected chi connectivity index (χ0v) is 17.1. The van der Waals surface area contributed by atoms with Gasteiger partial charge in [-0.25, -0.2) is 0 Å². The molecule has 7 nitrogen and oxygen atoms in total. The molecule has 156 valence electrons. The second kappa shape index (κ2) is 8.41. The van der Waals surface area contributed by atoms with Gasteiger partial charge in [0, 0.05) is 23.0 Å². The maximum atomic E-state index is 14.0. The number of aromatic nitrogens is 2. The largest absolute Gasteiger partial charge is 0.417 e.